The Labute approximate surface area is 111 Å². The second-order valence-electron chi connectivity index (χ2n) is 3.81. The summed E-state index contributed by atoms with van der Waals surface area (Å²) in [6, 6.07) is 12.2. The molecule has 0 aliphatic carbocycles. The smallest absolute Gasteiger partial charge is 0.123 e. The number of nitrogens with zero attached hydrogens (tertiary/aromatic N) is 2. The SMILES string of the molecule is COc1ccc(O)c(/C=C(\C#N)c2ccccn2)c1. The largest absolute Gasteiger partial charge is 0.507 e. The number of benzene rings is 1. The van der Waals surface area contributed by atoms with Crippen LogP contribution in [-0.4, -0.2) is 17.2 Å². The van der Waals surface area contributed by atoms with Gasteiger partial charge in [0, 0.05) is 11.8 Å². The fraction of sp³-hybridized carbons (Fsp3) is 0.0667. The Kier molecular flexibility index (Phi) is 3.79. The van der Waals surface area contributed by atoms with Crippen molar-refractivity contribution in [2.45, 2.75) is 0 Å². The van der Waals surface area contributed by atoms with Crippen molar-refractivity contribution in [2.24, 2.45) is 0 Å². The number of hydrogen-bond donors (Lipinski definition) is 1. The van der Waals surface area contributed by atoms with Crippen LogP contribution in [0.1, 0.15) is 11.3 Å². The van der Waals surface area contributed by atoms with E-state index < -0.39 is 0 Å². The average molecular weight is 252 g/mol. The van der Waals surface area contributed by atoms with Crippen molar-refractivity contribution in [3.05, 3.63) is 53.9 Å². The maximum atomic E-state index is 9.79. The Morgan fingerprint density at radius 2 is 2.21 bits per heavy atom. The maximum absolute atomic E-state index is 9.79. The number of allylic oxidation sites excluding steroid dienone is 1. The van der Waals surface area contributed by atoms with Gasteiger partial charge in [-0.05, 0) is 36.4 Å². The highest BCUT2D eigenvalue weighted by molar-refractivity contribution is 5.89. The molecule has 0 aliphatic rings. The number of hydrogen-bond acceptors (Lipinski definition) is 4. The third-order valence-corrected chi connectivity index (χ3v) is 2.60. The van der Waals surface area contributed by atoms with E-state index in [1.165, 1.54) is 6.07 Å². The second-order valence-corrected chi connectivity index (χ2v) is 3.81. The third-order valence-electron chi connectivity index (χ3n) is 2.60. The summed E-state index contributed by atoms with van der Waals surface area (Å²) < 4.78 is 5.09. The molecule has 0 saturated heterocycles. The van der Waals surface area contributed by atoms with E-state index >= 15 is 0 Å². The molecule has 0 spiro atoms. The van der Waals surface area contributed by atoms with E-state index in [0.29, 0.717) is 22.6 Å². The van der Waals surface area contributed by atoms with E-state index in [0.717, 1.165) is 0 Å². The van der Waals surface area contributed by atoms with Gasteiger partial charge in [0.1, 0.15) is 17.6 Å². The fourth-order valence-corrected chi connectivity index (χ4v) is 1.62. The van der Waals surface area contributed by atoms with Crippen molar-refractivity contribution < 1.29 is 9.84 Å². The Bertz CT molecular complexity index is 643. The summed E-state index contributed by atoms with van der Waals surface area (Å²) in [5.41, 5.74) is 1.46. The van der Waals surface area contributed by atoms with Crippen LogP contribution in [0.3, 0.4) is 0 Å². The van der Waals surface area contributed by atoms with E-state index in [-0.39, 0.29) is 5.75 Å². The van der Waals surface area contributed by atoms with Crippen molar-refractivity contribution in [3.63, 3.8) is 0 Å². The van der Waals surface area contributed by atoms with Gasteiger partial charge in [0.05, 0.1) is 18.4 Å². The molecular formula is C15H12N2O2. The number of rotatable bonds is 3. The number of pyridine rings is 1. The summed E-state index contributed by atoms with van der Waals surface area (Å²) in [4.78, 5) is 4.11. The van der Waals surface area contributed by atoms with Gasteiger partial charge in [-0.2, -0.15) is 5.26 Å². The van der Waals surface area contributed by atoms with Crippen molar-refractivity contribution in [3.8, 4) is 17.6 Å². The third kappa shape index (κ3) is 2.90. The molecule has 0 unspecified atom stereocenters. The molecule has 1 aromatic heterocycles. The molecule has 94 valence electrons. The van der Waals surface area contributed by atoms with Crippen molar-refractivity contribution in [2.75, 3.05) is 7.11 Å². The van der Waals surface area contributed by atoms with E-state index in [1.807, 2.05) is 0 Å². The van der Waals surface area contributed by atoms with Crippen molar-refractivity contribution >= 4 is 11.6 Å². The molecule has 0 amide bonds. The Morgan fingerprint density at radius 3 is 2.84 bits per heavy atom. The zero-order valence-corrected chi connectivity index (χ0v) is 10.4. The first-order chi connectivity index (χ1) is 9.24. The summed E-state index contributed by atoms with van der Waals surface area (Å²) in [6.07, 6.45) is 3.20. The number of phenolic OH excluding ortho intramolecular Hbond substituents is 1. The first-order valence-corrected chi connectivity index (χ1v) is 5.65. The first-order valence-electron chi connectivity index (χ1n) is 5.65. The number of ether oxygens (including phenoxy) is 1. The topological polar surface area (TPSA) is 66.1 Å². The first kappa shape index (κ1) is 12.7. The highest BCUT2D eigenvalue weighted by atomic mass is 16.5. The van der Waals surface area contributed by atoms with E-state index in [4.69, 9.17) is 4.74 Å². The molecule has 0 bridgehead atoms. The predicted molar refractivity (Wildman–Crippen MR) is 72.4 cm³/mol. The summed E-state index contributed by atoms with van der Waals surface area (Å²) in [7, 11) is 1.55. The highest BCUT2D eigenvalue weighted by Crippen LogP contribution is 2.26. The molecule has 0 saturated carbocycles. The van der Waals surface area contributed by atoms with Gasteiger partial charge in [-0.25, -0.2) is 0 Å². The Balaban J connectivity index is 2.47. The predicted octanol–water partition coefficient (Wildman–Crippen LogP) is 2.86. The molecule has 0 fully saturated rings. The van der Waals surface area contributed by atoms with Gasteiger partial charge >= 0.3 is 0 Å². The lowest BCUT2D eigenvalue weighted by Crippen LogP contribution is -1.87. The minimum atomic E-state index is 0.0875. The van der Waals surface area contributed by atoms with Crippen LogP contribution in [-0.2, 0) is 0 Å². The molecule has 1 N–H and O–H groups in total. The summed E-state index contributed by atoms with van der Waals surface area (Å²) in [6.45, 7) is 0. The summed E-state index contributed by atoms with van der Waals surface area (Å²) >= 11 is 0. The lowest BCUT2D eigenvalue weighted by atomic mass is 10.1. The Morgan fingerprint density at radius 1 is 1.37 bits per heavy atom. The molecule has 19 heavy (non-hydrogen) atoms. The fourth-order valence-electron chi connectivity index (χ4n) is 1.62. The van der Waals surface area contributed by atoms with E-state index in [1.54, 1.807) is 49.7 Å². The van der Waals surface area contributed by atoms with Gasteiger partial charge in [-0.15, -0.1) is 0 Å². The molecule has 0 atom stereocenters. The molecule has 1 heterocycles. The van der Waals surface area contributed by atoms with E-state index in [9.17, 15) is 10.4 Å². The zero-order valence-electron chi connectivity index (χ0n) is 10.4. The lowest BCUT2D eigenvalue weighted by molar-refractivity contribution is 0.412. The van der Waals surface area contributed by atoms with Gasteiger partial charge in [0.15, 0.2) is 0 Å². The van der Waals surface area contributed by atoms with Gasteiger partial charge < -0.3 is 9.84 Å². The van der Waals surface area contributed by atoms with Crippen LogP contribution in [0.5, 0.6) is 11.5 Å². The van der Waals surface area contributed by atoms with Crippen LogP contribution in [0.15, 0.2) is 42.6 Å². The molecule has 2 aromatic rings. The minimum Gasteiger partial charge on any atom is -0.507 e. The van der Waals surface area contributed by atoms with Crippen LogP contribution in [0, 0.1) is 11.3 Å². The molecule has 4 nitrogen and oxygen atoms in total. The molecular weight excluding hydrogens is 240 g/mol. The minimum absolute atomic E-state index is 0.0875. The Hall–Kier alpha value is -2.80. The quantitative estimate of drug-likeness (QED) is 0.853. The second kappa shape index (κ2) is 5.69. The molecule has 0 radical (unpaired) electrons. The van der Waals surface area contributed by atoms with Crippen LogP contribution in [0.25, 0.3) is 11.6 Å². The van der Waals surface area contributed by atoms with Crippen LogP contribution in [0.4, 0.5) is 0 Å². The number of phenols is 1. The van der Waals surface area contributed by atoms with Gasteiger partial charge in [0.25, 0.3) is 0 Å². The zero-order chi connectivity index (χ0) is 13.7. The molecule has 2 rings (SSSR count). The number of aromatic hydroxyl groups is 1. The number of nitriles is 1. The maximum Gasteiger partial charge on any atom is 0.123 e. The lowest BCUT2D eigenvalue weighted by Gasteiger charge is -2.04. The van der Waals surface area contributed by atoms with Crippen molar-refractivity contribution in [1.82, 2.24) is 4.98 Å². The highest BCUT2D eigenvalue weighted by Gasteiger charge is 2.05. The number of methoxy groups -OCH3 is 1. The van der Waals surface area contributed by atoms with Gasteiger partial charge in [-0.3, -0.25) is 4.98 Å². The normalized spacial score (nSPS) is 10.8. The van der Waals surface area contributed by atoms with Crippen molar-refractivity contribution in [1.29, 1.82) is 5.26 Å². The summed E-state index contributed by atoms with van der Waals surface area (Å²) in [5, 5.41) is 19.0. The monoisotopic (exact) mass is 252 g/mol. The molecule has 0 aliphatic heterocycles. The number of aromatic nitrogens is 1. The van der Waals surface area contributed by atoms with Gasteiger partial charge in [0.2, 0.25) is 0 Å². The van der Waals surface area contributed by atoms with E-state index in [2.05, 4.69) is 11.1 Å². The average Bonchev–Trinajstić information content (AvgIpc) is 2.47. The molecule has 4 heteroatoms. The van der Waals surface area contributed by atoms with Crippen LogP contribution in [0.2, 0.25) is 0 Å². The summed E-state index contributed by atoms with van der Waals surface area (Å²) in [5.74, 6) is 0.701. The van der Waals surface area contributed by atoms with Crippen LogP contribution < -0.4 is 4.74 Å². The molecule has 1 aromatic carbocycles. The van der Waals surface area contributed by atoms with Gasteiger partial charge in [-0.1, -0.05) is 6.07 Å². The van der Waals surface area contributed by atoms with Crippen LogP contribution >= 0.6 is 0 Å². The standard InChI is InChI=1S/C15H12N2O2/c1-19-13-5-6-15(18)11(9-13)8-12(10-16)14-4-2-3-7-17-14/h2-9,18H,1H3/b12-8+.